The molecule has 0 radical (unpaired) electrons. The first kappa shape index (κ1) is 16.2. The van der Waals surface area contributed by atoms with E-state index in [4.69, 9.17) is 16.3 Å². The standard InChI is InChI=1S/C16H21ClN4O2/c1-23-15-3-2-13-16(19-15)14(4-5-18-13)21-8-6-20(7-9-21)11-12(22)10-17/h2-5,12,22H,6-11H2,1H3/t12-/m0/s1. The molecule has 0 aliphatic carbocycles. The van der Waals surface area contributed by atoms with Crippen LogP contribution in [0.5, 0.6) is 5.88 Å². The first-order valence-corrected chi connectivity index (χ1v) is 8.26. The molecule has 124 valence electrons. The van der Waals surface area contributed by atoms with Crippen LogP contribution in [0.1, 0.15) is 0 Å². The number of nitrogens with zero attached hydrogens (tertiary/aromatic N) is 4. The minimum absolute atomic E-state index is 0.277. The summed E-state index contributed by atoms with van der Waals surface area (Å²) >= 11 is 5.68. The third kappa shape index (κ3) is 3.65. The highest BCUT2D eigenvalue weighted by atomic mass is 35.5. The Kier molecular flexibility index (Phi) is 5.15. The van der Waals surface area contributed by atoms with Crippen LogP contribution in [0.15, 0.2) is 24.4 Å². The van der Waals surface area contributed by atoms with E-state index in [2.05, 4.69) is 19.8 Å². The molecule has 7 heteroatoms. The van der Waals surface area contributed by atoms with Crippen molar-refractivity contribution in [2.45, 2.75) is 6.10 Å². The molecule has 1 aliphatic rings. The number of anilines is 1. The number of piperazine rings is 1. The smallest absolute Gasteiger partial charge is 0.213 e. The van der Waals surface area contributed by atoms with Gasteiger partial charge in [0.05, 0.1) is 24.4 Å². The number of ether oxygens (including phenoxy) is 1. The van der Waals surface area contributed by atoms with Gasteiger partial charge in [-0.2, -0.15) is 0 Å². The van der Waals surface area contributed by atoms with Gasteiger partial charge in [0, 0.05) is 50.9 Å². The quantitative estimate of drug-likeness (QED) is 0.832. The number of hydrogen-bond acceptors (Lipinski definition) is 6. The Labute approximate surface area is 140 Å². The SMILES string of the molecule is COc1ccc2nccc(N3CCN(C[C@@H](O)CCl)CC3)c2n1. The van der Waals surface area contributed by atoms with Crippen molar-refractivity contribution in [1.29, 1.82) is 0 Å². The summed E-state index contributed by atoms with van der Waals surface area (Å²) < 4.78 is 5.23. The van der Waals surface area contributed by atoms with Crippen molar-refractivity contribution < 1.29 is 9.84 Å². The Morgan fingerprint density at radius 3 is 2.74 bits per heavy atom. The molecule has 1 fully saturated rings. The predicted octanol–water partition coefficient (Wildman–Crippen LogP) is 1.36. The molecule has 0 aromatic carbocycles. The lowest BCUT2D eigenvalue weighted by molar-refractivity contribution is 0.125. The zero-order valence-electron chi connectivity index (χ0n) is 13.2. The summed E-state index contributed by atoms with van der Waals surface area (Å²) in [5.41, 5.74) is 2.80. The Balaban J connectivity index is 1.77. The first-order chi connectivity index (χ1) is 11.2. The number of halogens is 1. The second-order valence-corrected chi connectivity index (χ2v) is 5.96. The average molecular weight is 337 g/mol. The number of aliphatic hydroxyl groups is 1. The van der Waals surface area contributed by atoms with Crippen LogP contribution in [0, 0.1) is 0 Å². The van der Waals surface area contributed by atoms with Gasteiger partial charge in [-0.15, -0.1) is 11.6 Å². The largest absolute Gasteiger partial charge is 0.481 e. The van der Waals surface area contributed by atoms with Gasteiger partial charge in [-0.1, -0.05) is 0 Å². The molecule has 23 heavy (non-hydrogen) atoms. The van der Waals surface area contributed by atoms with Gasteiger partial charge >= 0.3 is 0 Å². The van der Waals surface area contributed by atoms with Gasteiger partial charge in [0.15, 0.2) is 0 Å². The Morgan fingerprint density at radius 2 is 2.04 bits per heavy atom. The van der Waals surface area contributed by atoms with Crippen LogP contribution in [0.3, 0.4) is 0 Å². The summed E-state index contributed by atoms with van der Waals surface area (Å²) in [5.74, 6) is 0.870. The number of hydrogen-bond donors (Lipinski definition) is 1. The number of aliphatic hydroxyl groups excluding tert-OH is 1. The van der Waals surface area contributed by atoms with Gasteiger partial charge in [-0.05, 0) is 12.1 Å². The fraction of sp³-hybridized carbons (Fsp3) is 0.500. The van der Waals surface area contributed by atoms with E-state index in [1.54, 1.807) is 7.11 Å². The predicted molar refractivity (Wildman–Crippen MR) is 91.5 cm³/mol. The minimum Gasteiger partial charge on any atom is -0.481 e. The summed E-state index contributed by atoms with van der Waals surface area (Å²) in [6, 6.07) is 5.75. The highest BCUT2D eigenvalue weighted by Gasteiger charge is 2.21. The molecule has 0 amide bonds. The Morgan fingerprint density at radius 1 is 1.26 bits per heavy atom. The summed E-state index contributed by atoms with van der Waals surface area (Å²) in [7, 11) is 1.62. The fourth-order valence-corrected chi connectivity index (χ4v) is 2.98. The zero-order chi connectivity index (χ0) is 16.2. The van der Waals surface area contributed by atoms with E-state index in [0.717, 1.165) is 42.9 Å². The van der Waals surface area contributed by atoms with Crippen molar-refractivity contribution in [2.75, 3.05) is 50.6 Å². The minimum atomic E-state index is -0.462. The second-order valence-electron chi connectivity index (χ2n) is 5.65. The number of alkyl halides is 1. The number of fused-ring (bicyclic) bond motifs is 1. The Hall–Kier alpha value is -1.63. The van der Waals surface area contributed by atoms with E-state index in [0.29, 0.717) is 12.4 Å². The molecule has 1 N–H and O–H groups in total. The molecule has 0 unspecified atom stereocenters. The van der Waals surface area contributed by atoms with Crippen LogP contribution in [-0.2, 0) is 0 Å². The molecule has 0 bridgehead atoms. The van der Waals surface area contributed by atoms with Crippen LogP contribution < -0.4 is 9.64 Å². The molecule has 2 aromatic rings. The summed E-state index contributed by atoms with van der Waals surface area (Å²) in [5, 5.41) is 9.67. The monoisotopic (exact) mass is 336 g/mol. The third-order valence-electron chi connectivity index (χ3n) is 4.11. The third-order valence-corrected chi connectivity index (χ3v) is 4.46. The Bertz CT molecular complexity index is 662. The van der Waals surface area contributed by atoms with E-state index in [-0.39, 0.29) is 5.88 Å². The van der Waals surface area contributed by atoms with Crippen LogP contribution in [-0.4, -0.2) is 71.8 Å². The fourth-order valence-electron chi connectivity index (χ4n) is 2.88. The maximum atomic E-state index is 9.67. The number of pyridine rings is 2. The molecule has 3 heterocycles. The van der Waals surface area contributed by atoms with Crippen molar-refractivity contribution >= 4 is 28.3 Å². The van der Waals surface area contributed by atoms with Crippen LogP contribution in [0.4, 0.5) is 5.69 Å². The molecule has 0 saturated carbocycles. The molecular weight excluding hydrogens is 316 g/mol. The maximum Gasteiger partial charge on any atom is 0.213 e. The number of rotatable bonds is 5. The maximum absolute atomic E-state index is 9.67. The lowest BCUT2D eigenvalue weighted by Crippen LogP contribution is -2.48. The first-order valence-electron chi connectivity index (χ1n) is 7.72. The topological polar surface area (TPSA) is 61.7 Å². The van der Waals surface area contributed by atoms with E-state index in [9.17, 15) is 5.11 Å². The second kappa shape index (κ2) is 7.29. The normalized spacial score (nSPS) is 17.4. The van der Waals surface area contributed by atoms with Gasteiger partial charge in [0.25, 0.3) is 0 Å². The van der Waals surface area contributed by atoms with Crippen molar-refractivity contribution in [2.24, 2.45) is 0 Å². The van der Waals surface area contributed by atoms with Crippen molar-refractivity contribution in [3.8, 4) is 5.88 Å². The zero-order valence-corrected chi connectivity index (χ0v) is 13.9. The molecule has 1 saturated heterocycles. The molecular formula is C16H21ClN4O2. The molecule has 6 nitrogen and oxygen atoms in total. The molecule has 1 aliphatic heterocycles. The van der Waals surface area contributed by atoms with E-state index in [1.165, 1.54) is 0 Å². The number of methoxy groups -OCH3 is 1. The van der Waals surface area contributed by atoms with Crippen LogP contribution in [0.25, 0.3) is 11.0 Å². The lowest BCUT2D eigenvalue weighted by Gasteiger charge is -2.36. The van der Waals surface area contributed by atoms with E-state index < -0.39 is 6.10 Å². The highest BCUT2D eigenvalue weighted by molar-refractivity contribution is 6.18. The summed E-state index contributed by atoms with van der Waals surface area (Å²) in [4.78, 5) is 13.5. The van der Waals surface area contributed by atoms with Gasteiger partial charge in [-0.25, -0.2) is 4.98 Å². The van der Waals surface area contributed by atoms with E-state index in [1.807, 2.05) is 24.4 Å². The van der Waals surface area contributed by atoms with Crippen molar-refractivity contribution in [3.05, 3.63) is 24.4 Å². The van der Waals surface area contributed by atoms with E-state index >= 15 is 0 Å². The van der Waals surface area contributed by atoms with Crippen LogP contribution in [0.2, 0.25) is 0 Å². The molecule has 1 atom stereocenters. The summed E-state index contributed by atoms with van der Waals surface area (Å²) in [6.45, 7) is 4.17. The number of aromatic nitrogens is 2. The number of β-amino-alcohol motifs (C(OH)–C–C–N with tert-alkyl or cyclic N) is 1. The summed E-state index contributed by atoms with van der Waals surface area (Å²) in [6.07, 6.45) is 1.35. The average Bonchev–Trinajstić information content (AvgIpc) is 2.61. The molecule has 2 aromatic heterocycles. The van der Waals surface area contributed by atoms with Crippen molar-refractivity contribution in [3.63, 3.8) is 0 Å². The van der Waals surface area contributed by atoms with Gasteiger partial charge in [-0.3, -0.25) is 9.88 Å². The van der Waals surface area contributed by atoms with Gasteiger partial charge in [0.1, 0.15) is 5.52 Å². The molecule has 3 rings (SSSR count). The molecule has 0 spiro atoms. The lowest BCUT2D eigenvalue weighted by atomic mass is 10.2. The van der Waals surface area contributed by atoms with Crippen LogP contribution >= 0.6 is 11.6 Å². The van der Waals surface area contributed by atoms with Crippen molar-refractivity contribution in [1.82, 2.24) is 14.9 Å². The highest BCUT2D eigenvalue weighted by Crippen LogP contribution is 2.26. The van der Waals surface area contributed by atoms with Gasteiger partial charge < -0.3 is 14.7 Å². The van der Waals surface area contributed by atoms with Gasteiger partial charge in [0.2, 0.25) is 5.88 Å².